The van der Waals surface area contributed by atoms with Crippen molar-refractivity contribution in [2.45, 2.75) is 25.7 Å². The lowest BCUT2D eigenvalue weighted by molar-refractivity contribution is -0.130. The van der Waals surface area contributed by atoms with Gasteiger partial charge in [-0.3, -0.25) is 4.79 Å². The first-order chi connectivity index (χ1) is 11.2. The van der Waals surface area contributed by atoms with Gasteiger partial charge in [0, 0.05) is 20.0 Å². The second kappa shape index (κ2) is 7.60. The third-order valence-corrected chi connectivity index (χ3v) is 4.95. The smallest absolute Gasteiger partial charge is 0.222 e. The van der Waals surface area contributed by atoms with Crippen LogP contribution in [-0.4, -0.2) is 37.5 Å². The first-order valence-corrected chi connectivity index (χ1v) is 8.65. The normalized spacial score (nSPS) is 17.5. The Morgan fingerprint density at radius 3 is 2.87 bits per heavy atom. The van der Waals surface area contributed by atoms with Gasteiger partial charge in [0.15, 0.2) is 0 Å². The van der Waals surface area contributed by atoms with Gasteiger partial charge in [0.25, 0.3) is 0 Å². The minimum atomic E-state index is 0.275. The maximum Gasteiger partial charge on any atom is 0.222 e. The van der Waals surface area contributed by atoms with Crippen molar-refractivity contribution < 1.29 is 4.79 Å². The molecule has 0 spiro atoms. The molecule has 0 saturated carbocycles. The summed E-state index contributed by atoms with van der Waals surface area (Å²) in [5.74, 6) is 0.961. The summed E-state index contributed by atoms with van der Waals surface area (Å²) in [6, 6.07) is 14.9. The Bertz CT molecular complexity index is 656. The standard InChI is InChI=1S/C20H26N2O/c1-22(20(23)10-9-16-11-13-21-15-16)14-12-18-7-4-6-17-5-2-3-8-19(17)18/h2-8,16,21H,9-15H2,1H3. The molecule has 0 aliphatic carbocycles. The Labute approximate surface area is 138 Å². The molecule has 0 radical (unpaired) electrons. The second-order valence-electron chi connectivity index (χ2n) is 6.60. The molecular formula is C20H26N2O. The Kier molecular flexibility index (Phi) is 5.29. The van der Waals surface area contributed by atoms with Crippen LogP contribution in [0, 0.1) is 5.92 Å². The van der Waals surface area contributed by atoms with Crippen LogP contribution in [0.15, 0.2) is 42.5 Å². The van der Waals surface area contributed by atoms with Crippen molar-refractivity contribution in [2.24, 2.45) is 5.92 Å². The predicted octanol–water partition coefficient (Wildman–Crippen LogP) is 3.23. The maximum absolute atomic E-state index is 12.3. The summed E-state index contributed by atoms with van der Waals surface area (Å²) in [7, 11) is 1.93. The molecule has 1 unspecified atom stereocenters. The molecule has 1 aliphatic rings. The lowest BCUT2D eigenvalue weighted by Crippen LogP contribution is -2.29. The number of carbonyl (C=O) groups excluding carboxylic acids is 1. The van der Waals surface area contributed by atoms with E-state index >= 15 is 0 Å². The summed E-state index contributed by atoms with van der Waals surface area (Å²) in [5.41, 5.74) is 1.32. The highest BCUT2D eigenvalue weighted by molar-refractivity contribution is 5.85. The fourth-order valence-electron chi connectivity index (χ4n) is 3.40. The number of amides is 1. The number of nitrogens with one attached hydrogen (secondary N) is 1. The largest absolute Gasteiger partial charge is 0.345 e. The van der Waals surface area contributed by atoms with Gasteiger partial charge in [-0.05, 0) is 54.6 Å². The van der Waals surface area contributed by atoms with E-state index in [1.165, 1.54) is 22.8 Å². The van der Waals surface area contributed by atoms with Gasteiger partial charge in [-0.2, -0.15) is 0 Å². The average molecular weight is 310 g/mol. The molecule has 0 aromatic heterocycles. The lowest BCUT2D eigenvalue weighted by Gasteiger charge is -2.18. The van der Waals surface area contributed by atoms with E-state index in [-0.39, 0.29) is 5.91 Å². The molecule has 1 atom stereocenters. The molecule has 3 nitrogen and oxygen atoms in total. The summed E-state index contributed by atoms with van der Waals surface area (Å²) < 4.78 is 0. The molecule has 1 heterocycles. The summed E-state index contributed by atoms with van der Waals surface area (Å²) in [6.07, 6.45) is 3.82. The quantitative estimate of drug-likeness (QED) is 0.888. The zero-order valence-corrected chi connectivity index (χ0v) is 13.9. The van der Waals surface area contributed by atoms with Crippen LogP contribution in [0.4, 0.5) is 0 Å². The molecule has 1 N–H and O–H groups in total. The van der Waals surface area contributed by atoms with Gasteiger partial charge in [-0.15, -0.1) is 0 Å². The first-order valence-electron chi connectivity index (χ1n) is 8.65. The zero-order valence-electron chi connectivity index (χ0n) is 13.9. The Balaban J connectivity index is 1.53. The van der Waals surface area contributed by atoms with Crippen LogP contribution in [0.3, 0.4) is 0 Å². The predicted molar refractivity (Wildman–Crippen MR) is 95.5 cm³/mol. The number of benzene rings is 2. The van der Waals surface area contributed by atoms with Gasteiger partial charge in [-0.25, -0.2) is 0 Å². The molecular weight excluding hydrogens is 284 g/mol. The van der Waals surface area contributed by atoms with Crippen LogP contribution in [-0.2, 0) is 11.2 Å². The molecule has 1 amide bonds. The number of rotatable bonds is 6. The molecule has 2 aromatic rings. The topological polar surface area (TPSA) is 32.3 Å². The van der Waals surface area contributed by atoms with Gasteiger partial charge >= 0.3 is 0 Å². The van der Waals surface area contributed by atoms with Crippen LogP contribution < -0.4 is 5.32 Å². The van der Waals surface area contributed by atoms with Gasteiger partial charge in [0.05, 0.1) is 0 Å². The number of hydrogen-bond acceptors (Lipinski definition) is 2. The van der Waals surface area contributed by atoms with Gasteiger partial charge in [0.1, 0.15) is 0 Å². The monoisotopic (exact) mass is 310 g/mol. The summed E-state index contributed by atoms with van der Waals surface area (Å²) >= 11 is 0. The van der Waals surface area contributed by atoms with Crippen LogP contribution in [0.25, 0.3) is 10.8 Å². The number of nitrogens with zero attached hydrogens (tertiary/aromatic N) is 1. The van der Waals surface area contributed by atoms with Crippen LogP contribution >= 0.6 is 0 Å². The van der Waals surface area contributed by atoms with Crippen LogP contribution in [0.2, 0.25) is 0 Å². The molecule has 3 rings (SSSR count). The SMILES string of the molecule is CN(CCc1cccc2ccccc12)C(=O)CCC1CCNC1. The molecule has 3 heteroatoms. The molecule has 1 saturated heterocycles. The highest BCUT2D eigenvalue weighted by Gasteiger charge is 2.17. The fraction of sp³-hybridized carbons (Fsp3) is 0.450. The van der Waals surface area contributed by atoms with Crippen molar-refractivity contribution in [3.8, 4) is 0 Å². The van der Waals surface area contributed by atoms with E-state index in [4.69, 9.17) is 0 Å². The average Bonchev–Trinajstić information content (AvgIpc) is 3.11. The molecule has 23 heavy (non-hydrogen) atoms. The number of likely N-dealkylation sites (N-methyl/N-ethyl adjacent to an activating group) is 1. The number of fused-ring (bicyclic) bond motifs is 1. The zero-order chi connectivity index (χ0) is 16.1. The van der Waals surface area contributed by atoms with E-state index in [0.717, 1.165) is 32.5 Å². The van der Waals surface area contributed by atoms with Crippen molar-refractivity contribution in [3.63, 3.8) is 0 Å². The Morgan fingerprint density at radius 2 is 2.04 bits per heavy atom. The number of hydrogen-bond donors (Lipinski definition) is 1. The van der Waals surface area contributed by atoms with Gasteiger partial charge in [-0.1, -0.05) is 42.5 Å². The molecule has 122 valence electrons. The van der Waals surface area contributed by atoms with E-state index < -0.39 is 0 Å². The highest BCUT2D eigenvalue weighted by Crippen LogP contribution is 2.19. The van der Waals surface area contributed by atoms with Crippen molar-refractivity contribution in [1.82, 2.24) is 10.2 Å². The van der Waals surface area contributed by atoms with Crippen LogP contribution in [0.1, 0.15) is 24.8 Å². The fourth-order valence-corrected chi connectivity index (χ4v) is 3.40. The minimum Gasteiger partial charge on any atom is -0.345 e. The third kappa shape index (κ3) is 4.11. The van der Waals surface area contributed by atoms with E-state index in [2.05, 4.69) is 47.8 Å². The Hall–Kier alpha value is -1.87. The van der Waals surface area contributed by atoms with Crippen molar-refractivity contribution in [3.05, 3.63) is 48.0 Å². The number of carbonyl (C=O) groups is 1. The van der Waals surface area contributed by atoms with E-state index in [1.54, 1.807) is 0 Å². The van der Waals surface area contributed by atoms with Gasteiger partial charge in [0.2, 0.25) is 5.91 Å². The van der Waals surface area contributed by atoms with Crippen molar-refractivity contribution >= 4 is 16.7 Å². The minimum absolute atomic E-state index is 0.275. The summed E-state index contributed by atoms with van der Waals surface area (Å²) in [6.45, 7) is 2.97. The molecule has 2 aromatic carbocycles. The van der Waals surface area contributed by atoms with Crippen LogP contribution in [0.5, 0.6) is 0 Å². The summed E-state index contributed by atoms with van der Waals surface area (Å²) in [4.78, 5) is 14.2. The molecule has 1 fully saturated rings. The molecule has 0 bridgehead atoms. The van der Waals surface area contributed by atoms with E-state index in [1.807, 2.05) is 11.9 Å². The third-order valence-electron chi connectivity index (χ3n) is 4.95. The van der Waals surface area contributed by atoms with Gasteiger partial charge < -0.3 is 10.2 Å². The van der Waals surface area contributed by atoms with E-state index in [9.17, 15) is 4.79 Å². The first kappa shape index (κ1) is 16.0. The van der Waals surface area contributed by atoms with Crippen molar-refractivity contribution in [1.29, 1.82) is 0 Å². The summed E-state index contributed by atoms with van der Waals surface area (Å²) in [5, 5.41) is 5.93. The van der Waals surface area contributed by atoms with Crippen molar-refractivity contribution in [2.75, 3.05) is 26.7 Å². The lowest BCUT2D eigenvalue weighted by atomic mass is 10.0. The highest BCUT2D eigenvalue weighted by atomic mass is 16.2. The Morgan fingerprint density at radius 1 is 1.22 bits per heavy atom. The second-order valence-corrected chi connectivity index (χ2v) is 6.60. The molecule has 1 aliphatic heterocycles. The maximum atomic E-state index is 12.3. The van der Waals surface area contributed by atoms with E-state index in [0.29, 0.717) is 12.3 Å².